The van der Waals surface area contributed by atoms with Crippen LogP contribution in [0.3, 0.4) is 0 Å². The lowest BCUT2D eigenvalue weighted by Crippen LogP contribution is -2.19. The van der Waals surface area contributed by atoms with Gasteiger partial charge in [0.2, 0.25) is 0 Å². The second-order valence-electron chi connectivity index (χ2n) is 5.34. The first-order chi connectivity index (χ1) is 9.74. The summed E-state index contributed by atoms with van der Waals surface area (Å²) in [6.45, 7) is 3.63. The van der Waals surface area contributed by atoms with Gasteiger partial charge in [-0.05, 0) is 42.4 Å². The molecule has 0 spiro atoms. The Bertz CT molecular complexity index is 516. The average molecular weight is 271 g/mol. The molecule has 0 radical (unpaired) electrons. The SMILES string of the molecule is COc1cc(COCC2CC=CCC2C)ccc1C#N. The van der Waals surface area contributed by atoms with Crippen LogP contribution < -0.4 is 4.74 Å². The summed E-state index contributed by atoms with van der Waals surface area (Å²) in [5.41, 5.74) is 1.60. The van der Waals surface area contributed by atoms with Gasteiger partial charge in [-0.2, -0.15) is 5.26 Å². The number of benzene rings is 1. The van der Waals surface area contributed by atoms with Gasteiger partial charge in [0.05, 0.1) is 25.9 Å². The minimum atomic E-state index is 0.558. The number of rotatable bonds is 5. The Morgan fingerprint density at radius 1 is 1.30 bits per heavy atom. The Hall–Kier alpha value is -1.79. The van der Waals surface area contributed by atoms with E-state index in [9.17, 15) is 0 Å². The van der Waals surface area contributed by atoms with Gasteiger partial charge in [0.15, 0.2) is 0 Å². The van der Waals surface area contributed by atoms with Gasteiger partial charge in [-0.1, -0.05) is 25.1 Å². The minimum Gasteiger partial charge on any atom is -0.495 e. The fourth-order valence-corrected chi connectivity index (χ4v) is 2.48. The van der Waals surface area contributed by atoms with E-state index in [1.165, 1.54) is 0 Å². The van der Waals surface area contributed by atoms with Crippen molar-refractivity contribution in [2.75, 3.05) is 13.7 Å². The molecular formula is C17H21NO2. The van der Waals surface area contributed by atoms with Gasteiger partial charge in [-0.25, -0.2) is 0 Å². The Morgan fingerprint density at radius 2 is 2.10 bits per heavy atom. The van der Waals surface area contributed by atoms with Crippen molar-refractivity contribution in [1.82, 2.24) is 0 Å². The maximum atomic E-state index is 8.95. The van der Waals surface area contributed by atoms with Gasteiger partial charge in [0.25, 0.3) is 0 Å². The van der Waals surface area contributed by atoms with E-state index < -0.39 is 0 Å². The van der Waals surface area contributed by atoms with Gasteiger partial charge in [0.1, 0.15) is 11.8 Å². The number of nitriles is 1. The van der Waals surface area contributed by atoms with Crippen LogP contribution in [-0.2, 0) is 11.3 Å². The smallest absolute Gasteiger partial charge is 0.136 e. The van der Waals surface area contributed by atoms with E-state index in [1.807, 2.05) is 12.1 Å². The van der Waals surface area contributed by atoms with Gasteiger partial charge in [0, 0.05) is 0 Å². The van der Waals surface area contributed by atoms with E-state index >= 15 is 0 Å². The van der Waals surface area contributed by atoms with Crippen LogP contribution in [0.25, 0.3) is 0 Å². The van der Waals surface area contributed by atoms with Crippen molar-refractivity contribution in [1.29, 1.82) is 5.26 Å². The molecule has 1 aliphatic rings. The van der Waals surface area contributed by atoms with Crippen LogP contribution in [-0.4, -0.2) is 13.7 Å². The molecule has 0 amide bonds. The topological polar surface area (TPSA) is 42.2 Å². The molecule has 0 heterocycles. The molecule has 20 heavy (non-hydrogen) atoms. The molecular weight excluding hydrogens is 250 g/mol. The maximum Gasteiger partial charge on any atom is 0.136 e. The molecule has 0 saturated carbocycles. The summed E-state index contributed by atoms with van der Waals surface area (Å²) in [6, 6.07) is 7.69. The molecule has 1 aromatic carbocycles. The first kappa shape index (κ1) is 14.6. The number of methoxy groups -OCH3 is 1. The molecule has 0 N–H and O–H groups in total. The van der Waals surface area contributed by atoms with E-state index in [2.05, 4.69) is 25.1 Å². The lowest BCUT2D eigenvalue weighted by Gasteiger charge is -2.24. The van der Waals surface area contributed by atoms with Crippen molar-refractivity contribution in [2.45, 2.75) is 26.4 Å². The van der Waals surface area contributed by atoms with Gasteiger partial charge < -0.3 is 9.47 Å². The molecule has 0 fully saturated rings. The zero-order valence-electron chi connectivity index (χ0n) is 12.1. The average Bonchev–Trinajstić information content (AvgIpc) is 2.49. The largest absolute Gasteiger partial charge is 0.495 e. The van der Waals surface area contributed by atoms with Crippen LogP contribution in [0, 0.1) is 23.2 Å². The first-order valence-electron chi connectivity index (χ1n) is 7.04. The van der Waals surface area contributed by atoms with E-state index in [4.69, 9.17) is 14.7 Å². The third kappa shape index (κ3) is 3.61. The highest BCUT2D eigenvalue weighted by molar-refractivity contribution is 5.45. The van der Waals surface area contributed by atoms with E-state index in [0.717, 1.165) is 25.0 Å². The molecule has 2 unspecified atom stereocenters. The predicted octanol–water partition coefficient (Wildman–Crippen LogP) is 3.69. The molecule has 1 aliphatic carbocycles. The molecule has 2 atom stereocenters. The number of ether oxygens (including phenoxy) is 2. The van der Waals surface area contributed by atoms with Crippen LogP contribution in [0.4, 0.5) is 0 Å². The molecule has 0 saturated heterocycles. The summed E-state index contributed by atoms with van der Waals surface area (Å²) < 4.78 is 11.0. The Kier molecular flexibility index (Phi) is 5.20. The monoisotopic (exact) mass is 271 g/mol. The predicted molar refractivity (Wildman–Crippen MR) is 78.4 cm³/mol. The number of hydrogen-bond donors (Lipinski definition) is 0. The first-order valence-corrected chi connectivity index (χ1v) is 7.04. The normalized spacial score (nSPS) is 21.4. The molecule has 0 aliphatic heterocycles. The maximum absolute atomic E-state index is 8.95. The summed E-state index contributed by atoms with van der Waals surface area (Å²) in [7, 11) is 1.58. The second-order valence-corrected chi connectivity index (χ2v) is 5.34. The molecule has 0 aromatic heterocycles. The zero-order chi connectivity index (χ0) is 14.4. The fourth-order valence-electron chi connectivity index (χ4n) is 2.48. The Morgan fingerprint density at radius 3 is 2.80 bits per heavy atom. The highest BCUT2D eigenvalue weighted by atomic mass is 16.5. The van der Waals surface area contributed by atoms with Gasteiger partial charge in [-0.15, -0.1) is 0 Å². The van der Waals surface area contributed by atoms with E-state index in [1.54, 1.807) is 13.2 Å². The van der Waals surface area contributed by atoms with Crippen molar-refractivity contribution in [3.8, 4) is 11.8 Å². The van der Waals surface area contributed by atoms with Crippen LogP contribution in [0.15, 0.2) is 30.4 Å². The second kappa shape index (κ2) is 7.12. The standard InChI is InChI=1S/C17H21NO2/c1-13-5-3-4-6-16(13)12-20-11-14-7-8-15(10-18)17(9-14)19-2/h3-4,7-9,13,16H,5-6,11-12H2,1-2H3. The molecule has 2 rings (SSSR count). The number of nitrogens with zero attached hydrogens (tertiary/aromatic N) is 1. The number of allylic oxidation sites excluding steroid dienone is 2. The van der Waals surface area contributed by atoms with Crippen molar-refractivity contribution in [3.05, 3.63) is 41.5 Å². The summed E-state index contributed by atoms with van der Waals surface area (Å²) in [4.78, 5) is 0. The highest BCUT2D eigenvalue weighted by Crippen LogP contribution is 2.26. The summed E-state index contributed by atoms with van der Waals surface area (Å²) in [5.74, 6) is 1.92. The fraction of sp³-hybridized carbons (Fsp3) is 0.471. The Labute approximate surface area is 120 Å². The highest BCUT2D eigenvalue weighted by Gasteiger charge is 2.18. The third-order valence-electron chi connectivity index (χ3n) is 3.91. The van der Waals surface area contributed by atoms with Crippen molar-refractivity contribution in [2.24, 2.45) is 11.8 Å². The summed E-state index contributed by atoms with van der Waals surface area (Å²) >= 11 is 0. The van der Waals surface area contributed by atoms with Crippen molar-refractivity contribution < 1.29 is 9.47 Å². The van der Waals surface area contributed by atoms with Crippen LogP contribution in [0.2, 0.25) is 0 Å². The van der Waals surface area contributed by atoms with Crippen LogP contribution in [0.1, 0.15) is 30.9 Å². The van der Waals surface area contributed by atoms with Gasteiger partial charge in [-0.3, -0.25) is 0 Å². The van der Waals surface area contributed by atoms with Crippen molar-refractivity contribution >= 4 is 0 Å². The number of hydrogen-bond acceptors (Lipinski definition) is 3. The van der Waals surface area contributed by atoms with Crippen molar-refractivity contribution in [3.63, 3.8) is 0 Å². The molecule has 3 heteroatoms. The van der Waals surface area contributed by atoms with E-state index in [0.29, 0.717) is 29.8 Å². The quantitative estimate of drug-likeness (QED) is 0.767. The van der Waals surface area contributed by atoms with Crippen LogP contribution in [0.5, 0.6) is 5.75 Å². The van der Waals surface area contributed by atoms with Crippen LogP contribution >= 0.6 is 0 Å². The molecule has 0 bridgehead atoms. The van der Waals surface area contributed by atoms with E-state index in [-0.39, 0.29) is 0 Å². The zero-order valence-corrected chi connectivity index (χ0v) is 12.1. The lowest BCUT2D eigenvalue weighted by atomic mass is 9.85. The lowest BCUT2D eigenvalue weighted by molar-refractivity contribution is 0.0679. The summed E-state index contributed by atoms with van der Waals surface area (Å²) in [5, 5.41) is 8.95. The Balaban J connectivity index is 1.88. The van der Waals surface area contributed by atoms with Gasteiger partial charge >= 0.3 is 0 Å². The molecule has 3 nitrogen and oxygen atoms in total. The summed E-state index contributed by atoms with van der Waals surface area (Å²) in [6.07, 6.45) is 6.77. The molecule has 1 aromatic rings. The minimum absolute atomic E-state index is 0.558. The molecule has 106 valence electrons. The third-order valence-corrected chi connectivity index (χ3v) is 3.91.